The van der Waals surface area contributed by atoms with Gasteiger partial charge in [0, 0.05) is 19.4 Å². The monoisotopic (exact) mass is 323 g/mol. The summed E-state index contributed by atoms with van der Waals surface area (Å²) in [5.74, 6) is -3.56. The topological polar surface area (TPSA) is 124 Å². The minimum absolute atomic E-state index is 0.0213. The Morgan fingerprint density at radius 1 is 1.35 bits per heavy atom. The lowest BCUT2D eigenvalue weighted by atomic mass is 10.0. The molecular weight excluding hydrogens is 306 g/mol. The van der Waals surface area contributed by atoms with Gasteiger partial charge in [-0.3, -0.25) is 9.59 Å². The molecule has 2 rings (SSSR count). The molecule has 0 aromatic heterocycles. The number of nitrogens with zero attached hydrogens (tertiary/aromatic N) is 1. The lowest BCUT2D eigenvalue weighted by Crippen LogP contribution is -2.44. The van der Waals surface area contributed by atoms with Crippen LogP contribution in [0.5, 0.6) is 11.5 Å². The summed E-state index contributed by atoms with van der Waals surface area (Å²) < 4.78 is 4.59. The van der Waals surface area contributed by atoms with Gasteiger partial charge in [0.25, 0.3) is 0 Å². The zero-order valence-electron chi connectivity index (χ0n) is 12.4. The van der Waals surface area contributed by atoms with E-state index in [1.165, 1.54) is 25.3 Å². The van der Waals surface area contributed by atoms with Gasteiger partial charge < -0.3 is 25.0 Å². The molecule has 8 nitrogen and oxygen atoms in total. The molecule has 1 amide bonds. The number of carbonyl (C=O) groups is 3. The minimum Gasteiger partial charge on any atom is -0.504 e. The van der Waals surface area contributed by atoms with Crippen LogP contribution in [-0.4, -0.2) is 57.8 Å². The van der Waals surface area contributed by atoms with Gasteiger partial charge in [0.05, 0.1) is 13.0 Å². The first-order valence-corrected chi connectivity index (χ1v) is 6.94. The standard InChI is InChI=1S/C15H17NO7/c1-23-15(22)9-6-13(19)16(7-9)10(14(20)21)4-8-2-3-11(17)12(18)5-8/h2-3,5,9-10,17-18H,4,6-7H2,1H3,(H,20,21)/t9?,10-/m0/s1. The number of hydrogen-bond acceptors (Lipinski definition) is 6. The molecule has 3 N–H and O–H groups in total. The van der Waals surface area contributed by atoms with Crippen LogP contribution in [0.2, 0.25) is 0 Å². The summed E-state index contributed by atoms with van der Waals surface area (Å²) >= 11 is 0. The van der Waals surface area contributed by atoms with E-state index in [1.807, 2.05) is 0 Å². The molecule has 1 aliphatic rings. The van der Waals surface area contributed by atoms with Gasteiger partial charge >= 0.3 is 11.9 Å². The van der Waals surface area contributed by atoms with E-state index in [0.717, 1.165) is 4.90 Å². The van der Waals surface area contributed by atoms with Crippen LogP contribution in [0, 0.1) is 5.92 Å². The number of amides is 1. The van der Waals surface area contributed by atoms with E-state index in [4.69, 9.17) is 0 Å². The first kappa shape index (κ1) is 16.6. The van der Waals surface area contributed by atoms with Gasteiger partial charge in [-0.2, -0.15) is 0 Å². The van der Waals surface area contributed by atoms with Crippen LogP contribution in [0.1, 0.15) is 12.0 Å². The number of aromatic hydroxyl groups is 2. The fraction of sp³-hybridized carbons (Fsp3) is 0.400. The quantitative estimate of drug-likeness (QED) is 0.519. The number of carbonyl (C=O) groups excluding carboxylic acids is 2. The second-order valence-corrected chi connectivity index (χ2v) is 5.35. The van der Waals surface area contributed by atoms with Crippen molar-refractivity contribution in [3.05, 3.63) is 23.8 Å². The summed E-state index contributed by atoms with van der Waals surface area (Å²) in [6, 6.07) is 2.78. The van der Waals surface area contributed by atoms with Gasteiger partial charge in [-0.1, -0.05) is 6.07 Å². The molecule has 8 heteroatoms. The molecule has 2 atom stereocenters. The number of methoxy groups -OCH3 is 1. The minimum atomic E-state index is -1.21. The molecule has 23 heavy (non-hydrogen) atoms. The summed E-state index contributed by atoms with van der Waals surface area (Å²) in [6.07, 6.45) is -0.139. The maximum atomic E-state index is 12.0. The van der Waals surface area contributed by atoms with Crippen molar-refractivity contribution in [3.63, 3.8) is 0 Å². The second kappa shape index (κ2) is 6.55. The summed E-state index contributed by atoms with van der Waals surface area (Å²) in [6.45, 7) is -0.0213. The molecule has 1 aliphatic heterocycles. The number of phenols is 2. The van der Waals surface area contributed by atoms with Gasteiger partial charge in [0.15, 0.2) is 11.5 Å². The zero-order chi connectivity index (χ0) is 17.1. The van der Waals surface area contributed by atoms with E-state index >= 15 is 0 Å². The molecule has 0 radical (unpaired) electrons. The Labute approximate surface area is 131 Å². The molecule has 1 aromatic rings. The van der Waals surface area contributed by atoms with Crippen LogP contribution < -0.4 is 0 Å². The van der Waals surface area contributed by atoms with E-state index < -0.39 is 29.8 Å². The number of carboxylic acid groups (broad SMARTS) is 1. The Bertz CT molecular complexity index is 643. The van der Waals surface area contributed by atoms with Crippen molar-refractivity contribution >= 4 is 17.8 Å². The number of ether oxygens (including phenoxy) is 1. The third-order valence-corrected chi connectivity index (χ3v) is 3.82. The number of carboxylic acids is 1. The van der Waals surface area contributed by atoms with E-state index in [-0.39, 0.29) is 30.9 Å². The smallest absolute Gasteiger partial charge is 0.326 e. The summed E-state index contributed by atoms with van der Waals surface area (Å²) in [5.41, 5.74) is 0.446. The third-order valence-electron chi connectivity index (χ3n) is 3.82. The highest BCUT2D eigenvalue weighted by Crippen LogP contribution is 2.27. The van der Waals surface area contributed by atoms with Crippen molar-refractivity contribution in [2.75, 3.05) is 13.7 Å². The van der Waals surface area contributed by atoms with E-state index in [0.29, 0.717) is 5.56 Å². The predicted octanol–water partition coefficient (Wildman–Crippen LogP) is 0.115. The maximum Gasteiger partial charge on any atom is 0.326 e. The molecule has 0 saturated carbocycles. The van der Waals surface area contributed by atoms with Crippen molar-refractivity contribution < 1.29 is 34.4 Å². The second-order valence-electron chi connectivity index (χ2n) is 5.35. The van der Waals surface area contributed by atoms with Gasteiger partial charge in [-0.05, 0) is 17.7 Å². The van der Waals surface area contributed by atoms with Crippen LogP contribution in [0.15, 0.2) is 18.2 Å². The normalized spacial score (nSPS) is 18.7. The number of benzene rings is 1. The highest BCUT2D eigenvalue weighted by atomic mass is 16.5. The fourth-order valence-electron chi connectivity index (χ4n) is 2.61. The summed E-state index contributed by atoms with van der Waals surface area (Å²) in [4.78, 5) is 36.2. The van der Waals surface area contributed by atoms with Crippen molar-refractivity contribution in [1.82, 2.24) is 4.90 Å². The Kier molecular flexibility index (Phi) is 4.73. The fourth-order valence-corrected chi connectivity index (χ4v) is 2.61. The van der Waals surface area contributed by atoms with E-state index in [9.17, 15) is 29.7 Å². The Morgan fingerprint density at radius 2 is 2.04 bits per heavy atom. The molecule has 0 bridgehead atoms. The van der Waals surface area contributed by atoms with Crippen molar-refractivity contribution in [2.24, 2.45) is 5.92 Å². The Morgan fingerprint density at radius 3 is 2.61 bits per heavy atom. The van der Waals surface area contributed by atoms with Crippen LogP contribution in [0.3, 0.4) is 0 Å². The van der Waals surface area contributed by atoms with Gasteiger partial charge in [0.1, 0.15) is 6.04 Å². The molecule has 1 heterocycles. The lowest BCUT2D eigenvalue weighted by molar-refractivity contribution is -0.148. The van der Waals surface area contributed by atoms with Crippen molar-refractivity contribution in [3.8, 4) is 11.5 Å². The SMILES string of the molecule is COC(=O)C1CC(=O)N([C@@H](Cc2ccc(O)c(O)c2)C(=O)O)C1. The first-order valence-electron chi connectivity index (χ1n) is 6.94. The molecule has 124 valence electrons. The molecule has 1 saturated heterocycles. The van der Waals surface area contributed by atoms with Gasteiger partial charge in [-0.15, -0.1) is 0 Å². The molecule has 0 aliphatic carbocycles. The van der Waals surface area contributed by atoms with Gasteiger partial charge in [-0.25, -0.2) is 4.79 Å². The third kappa shape index (κ3) is 3.53. The number of rotatable bonds is 5. The van der Waals surface area contributed by atoms with Crippen molar-refractivity contribution in [2.45, 2.75) is 18.9 Å². The molecule has 0 spiro atoms. The maximum absolute atomic E-state index is 12.0. The molecule has 1 fully saturated rings. The summed E-state index contributed by atoms with van der Waals surface area (Å²) in [7, 11) is 1.21. The number of likely N-dealkylation sites (tertiary alicyclic amines) is 1. The Hall–Kier alpha value is -2.77. The van der Waals surface area contributed by atoms with E-state index in [2.05, 4.69) is 4.74 Å². The summed E-state index contributed by atoms with van der Waals surface area (Å²) in [5, 5.41) is 28.2. The Balaban J connectivity index is 2.18. The number of esters is 1. The zero-order valence-corrected chi connectivity index (χ0v) is 12.4. The first-order chi connectivity index (χ1) is 10.8. The van der Waals surface area contributed by atoms with Gasteiger partial charge in [0.2, 0.25) is 5.91 Å². The molecule has 1 aromatic carbocycles. The predicted molar refractivity (Wildman–Crippen MR) is 76.7 cm³/mol. The molecule has 1 unspecified atom stereocenters. The lowest BCUT2D eigenvalue weighted by Gasteiger charge is -2.24. The highest BCUT2D eigenvalue weighted by Gasteiger charge is 2.41. The number of hydrogen-bond donors (Lipinski definition) is 3. The largest absolute Gasteiger partial charge is 0.504 e. The average molecular weight is 323 g/mol. The van der Waals surface area contributed by atoms with E-state index in [1.54, 1.807) is 0 Å². The van der Waals surface area contributed by atoms with Crippen LogP contribution in [-0.2, 0) is 25.5 Å². The highest BCUT2D eigenvalue weighted by molar-refractivity contribution is 5.90. The van der Waals surface area contributed by atoms with Crippen LogP contribution >= 0.6 is 0 Å². The average Bonchev–Trinajstić information content (AvgIpc) is 2.89. The van der Waals surface area contributed by atoms with Crippen LogP contribution in [0.25, 0.3) is 0 Å². The number of aliphatic carboxylic acids is 1. The number of phenolic OH excluding ortho intramolecular Hbond substituents is 2. The van der Waals surface area contributed by atoms with Crippen molar-refractivity contribution in [1.29, 1.82) is 0 Å². The van der Waals surface area contributed by atoms with Crippen LogP contribution in [0.4, 0.5) is 0 Å². The molecular formula is C15H17NO7.